The van der Waals surface area contributed by atoms with Crippen LogP contribution >= 0.6 is 0 Å². The van der Waals surface area contributed by atoms with Crippen molar-refractivity contribution < 1.29 is 13.9 Å². The fourth-order valence-corrected chi connectivity index (χ4v) is 0.824. The van der Waals surface area contributed by atoms with Gasteiger partial charge in [-0.05, 0) is 19.1 Å². The van der Waals surface area contributed by atoms with Gasteiger partial charge < -0.3 is 9.15 Å². The Bertz CT molecular complexity index is 272. The lowest BCUT2D eigenvalue weighted by molar-refractivity contribution is 0.0778. The minimum absolute atomic E-state index is 0.0673. The van der Waals surface area contributed by atoms with Crippen molar-refractivity contribution in [3.8, 4) is 0 Å². The molecule has 0 saturated heterocycles. The molecule has 13 heavy (non-hydrogen) atoms. The minimum Gasteiger partial charge on any atom is -0.461 e. The molecule has 0 aliphatic carbocycles. The number of rotatable bonds is 5. The monoisotopic (exact) mass is 180 g/mol. The zero-order valence-corrected chi connectivity index (χ0v) is 7.53. The Hall–Kier alpha value is -1.35. The van der Waals surface area contributed by atoms with Crippen molar-refractivity contribution in [1.29, 1.82) is 0 Å². The number of carbonyl (C=O) groups excluding carboxylic acids is 1. The molecule has 1 heterocycles. The third-order valence-electron chi connectivity index (χ3n) is 1.48. The van der Waals surface area contributed by atoms with Crippen LogP contribution in [0.1, 0.15) is 17.5 Å². The molecule has 0 aromatic carbocycles. The summed E-state index contributed by atoms with van der Waals surface area (Å²) in [6.07, 6.45) is 5.19. The molecule has 0 spiro atoms. The average molecular weight is 180 g/mol. The quantitative estimate of drug-likeness (QED) is 0.395. The molecule has 0 radical (unpaired) electrons. The van der Waals surface area contributed by atoms with Crippen LogP contribution in [0.3, 0.4) is 0 Å². The van der Waals surface area contributed by atoms with Crippen molar-refractivity contribution in [2.24, 2.45) is 0 Å². The lowest BCUT2D eigenvalue weighted by Gasteiger charge is -1.97. The fraction of sp³-hybridized carbons (Fsp3) is 0.300. The summed E-state index contributed by atoms with van der Waals surface area (Å²) < 4.78 is 9.97. The van der Waals surface area contributed by atoms with E-state index in [1.165, 1.54) is 6.26 Å². The molecule has 0 bridgehead atoms. The number of carbonyl (C=O) groups is 1. The highest BCUT2D eigenvalue weighted by molar-refractivity contribution is 5.94. The van der Waals surface area contributed by atoms with Crippen LogP contribution in [-0.2, 0) is 4.74 Å². The van der Waals surface area contributed by atoms with E-state index in [9.17, 15) is 4.79 Å². The third-order valence-corrected chi connectivity index (χ3v) is 1.48. The predicted molar refractivity (Wildman–Crippen MR) is 48.7 cm³/mol. The van der Waals surface area contributed by atoms with Gasteiger partial charge in [0.2, 0.25) is 5.78 Å². The molecule has 0 amide bonds. The summed E-state index contributed by atoms with van der Waals surface area (Å²) in [6.45, 7) is 2.43. The molecule has 0 N–H and O–H groups in total. The van der Waals surface area contributed by atoms with Crippen molar-refractivity contribution in [2.45, 2.75) is 6.92 Å². The van der Waals surface area contributed by atoms with Gasteiger partial charge in [0.25, 0.3) is 0 Å². The first kappa shape index (κ1) is 9.74. The van der Waals surface area contributed by atoms with Crippen molar-refractivity contribution in [2.75, 3.05) is 13.2 Å². The number of hydrogen-bond donors (Lipinski definition) is 0. The lowest BCUT2D eigenvalue weighted by atomic mass is 10.3. The molecule has 3 nitrogen and oxygen atoms in total. The van der Waals surface area contributed by atoms with Crippen LogP contribution in [0.15, 0.2) is 35.0 Å². The molecule has 3 heteroatoms. The van der Waals surface area contributed by atoms with E-state index in [0.717, 1.165) is 0 Å². The Morgan fingerprint density at radius 3 is 3.15 bits per heavy atom. The Kier molecular flexibility index (Phi) is 3.99. The van der Waals surface area contributed by atoms with E-state index in [1.807, 2.05) is 19.1 Å². The Labute approximate surface area is 77.0 Å². The molecule has 0 saturated carbocycles. The first-order valence-electron chi connectivity index (χ1n) is 4.10. The zero-order valence-electron chi connectivity index (χ0n) is 7.53. The van der Waals surface area contributed by atoms with Crippen LogP contribution < -0.4 is 0 Å². The van der Waals surface area contributed by atoms with Crippen molar-refractivity contribution >= 4 is 5.78 Å². The summed E-state index contributed by atoms with van der Waals surface area (Å²) in [4.78, 5) is 11.2. The molecular weight excluding hydrogens is 168 g/mol. The molecular formula is C10H12O3. The van der Waals surface area contributed by atoms with Crippen LogP contribution in [0.4, 0.5) is 0 Å². The second-order valence-electron chi connectivity index (χ2n) is 2.48. The number of ether oxygens (including phenoxy) is 1. The van der Waals surface area contributed by atoms with Gasteiger partial charge in [-0.1, -0.05) is 12.2 Å². The van der Waals surface area contributed by atoms with Gasteiger partial charge in [0.1, 0.15) is 6.61 Å². The summed E-state index contributed by atoms with van der Waals surface area (Å²) in [6, 6.07) is 3.31. The summed E-state index contributed by atoms with van der Waals surface area (Å²) in [7, 11) is 0. The molecule has 0 atom stereocenters. The Morgan fingerprint density at radius 2 is 2.54 bits per heavy atom. The summed E-state index contributed by atoms with van der Waals surface area (Å²) in [5.41, 5.74) is 0. The number of hydrogen-bond acceptors (Lipinski definition) is 3. The van der Waals surface area contributed by atoms with Crippen LogP contribution in [0, 0.1) is 0 Å². The summed E-state index contributed by atoms with van der Waals surface area (Å²) in [5, 5.41) is 0. The van der Waals surface area contributed by atoms with E-state index in [2.05, 4.69) is 0 Å². The Morgan fingerprint density at radius 1 is 1.69 bits per heavy atom. The van der Waals surface area contributed by atoms with Crippen LogP contribution in [0.25, 0.3) is 0 Å². The molecule has 1 rings (SSSR count). The highest BCUT2D eigenvalue weighted by Gasteiger charge is 2.07. The highest BCUT2D eigenvalue weighted by atomic mass is 16.5. The van der Waals surface area contributed by atoms with Gasteiger partial charge in [-0.3, -0.25) is 4.79 Å². The lowest BCUT2D eigenvalue weighted by Crippen LogP contribution is -2.07. The van der Waals surface area contributed by atoms with E-state index in [1.54, 1.807) is 12.1 Å². The Balaban J connectivity index is 2.27. The van der Waals surface area contributed by atoms with E-state index in [4.69, 9.17) is 9.15 Å². The number of ketones is 1. The van der Waals surface area contributed by atoms with Crippen LogP contribution in [-0.4, -0.2) is 19.0 Å². The molecule has 0 unspecified atom stereocenters. The molecule has 0 fully saturated rings. The second-order valence-corrected chi connectivity index (χ2v) is 2.48. The minimum atomic E-state index is -0.130. The molecule has 70 valence electrons. The molecule has 1 aromatic heterocycles. The fourth-order valence-electron chi connectivity index (χ4n) is 0.824. The number of allylic oxidation sites excluding steroid dienone is 1. The third kappa shape index (κ3) is 3.25. The highest BCUT2D eigenvalue weighted by Crippen LogP contribution is 2.01. The topological polar surface area (TPSA) is 39.4 Å². The SMILES string of the molecule is CC=CCOCC(=O)c1ccco1. The largest absolute Gasteiger partial charge is 0.461 e. The normalized spacial score (nSPS) is 10.8. The predicted octanol–water partition coefficient (Wildman–Crippen LogP) is 2.05. The van der Waals surface area contributed by atoms with E-state index in [-0.39, 0.29) is 12.4 Å². The summed E-state index contributed by atoms with van der Waals surface area (Å²) >= 11 is 0. The zero-order chi connectivity index (χ0) is 9.52. The first-order chi connectivity index (χ1) is 6.34. The van der Waals surface area contributed by atoms with Gasteiger partial charge in [0.15, 0.2) is 5.76 Å². The van der Waals surface area contributed by atoms with E-state index < -0.39 is 0 Å². The summed E-state index contributed by atoms with van der Waals surface area (Å²) in [5.74, 6) is 0.218. The molecule has 0 aliphatic heterocycles. The molecule has 1 aromatic rings. The maximum Gasteiger partial charge on any atom is 0.223 e. The first-order valence-corrected chi connectivity index (χ1v) is 4.10. The maximum absolute atomic E-state index is 11.2. The van der Waals surface area contributed by atoms with Crippen LogP contribution in [0.2, 0.25) is 0 Å². The van der Waals surface area contributed by atoms with Gasteiger partial charge in [-0.25, -0.2) is 0 Å². The van der Waals surface area contributed by atoms with Crippen molar-refractivity contribution in [3.05, 3.63) is 36.3 Å². The second kappa shape index (κ2) is 5.32. The number of furan rings is 1. The smallest absolute Gasteiger partial charge is 0.223 e. The standard InChI is InChI=1S/C10H12O3/c1-2-3-6-12-8-9(11)10-5-4-7-13-10/h2-5,7H,6,8H2,1H3. The van der Waals surface area contributed by atoms with Crippen molar-refractivity contribution in [1.82, 2.24) is 0 Å². The van der Waals surface area contributed by atoms with Gasteiger partial charge in [0, 0.05) is 0 Å². The molecule has 0 aliphatic rings. The van der Waals surface area contributed by atoms with E-state index in [0.29, 0.717) is 12.4 Å². The maximum atomic E-state index is 11.2. The van der Waals surface area contributed by atoms with Gasteiger partial charge >= 0.3 is 0 Å². The van der Waals surface area contributed by atoms with Crippen molar-refractivity contribution in [3.63, 3.8) is 0 Å². The van der Waals surface area contributed by atoms with Gasteiger partial charge in [-0.15, -0.1) is 0 Å². The van der Waals surface area contributed by atoms with E-state index >= 15 is 0 Å². The van der Waals surface area contributed by atoms with Gasteiger partial charge in [0.05, 0.1) is 12.9 Å². The number of Topliss-reactive ketones (excluding diaryl/α,β-unsaturated/α-hetero) is 1. The van der Waals surface area contributed by atoms with Gasteiger partial charge in [-0.2, -0.15) is 0 Å². The average Bonchev–Trinajstić information content (AvgIpc) is 2.65. The van der Waals surface area contributed by atoms with Crippen LogP contribution in [0.5, 0.6) is 0 Å².